The van der Waals surface area contributed by atoms with Crippen molar-refractivity contribution in [1.82, 2.24) is 10.2 Å². The normalized spacial score (nSPS) is 27.1. The zero-order valence-corrected chi connectivity index (χ0v) is 11.5. The molecule has 0 aliphatic carbocycles. The summed E-state index contributed by atoms with van der Waals surface area (Å²) >= 11 is 0. The number of hydrogen-bond acceptors (Lipinski definition) is 5. The third-order valence-electron chi connectivity index (χ3n) is 4.11. The van der Waals surface area contributed by atoms with Gasteiger partial charge in [0.05, 0.1) is 0 Å². The molecule has 0 aromatic rings. The second kappa shape index (κ2) is 5.66. The molecule has 2 fully saturated rings. The van der Waals surface area contributed by atoms with Crippen molar-refractivity contribution in [3.05, 3.63) is 0 Å². The SMILES string of the molecule is CC1C(=O)NCCN1C(=O)C1(C(N)=NO)CCOCC1. The van der Waals surface area contributed by atoms with Gasteiger partial charge < -0.3 is 25.9 Å². The molecule has 8 nitrogen and oxygen atoms in total. The minimum atomic E-state index is -1.07. The number of rotatable bonds is 2. The largest absolute Gasteiger partial charge is 0.409 e. The number of piperazine rings is 1. The van der Waals surface area contributed by atoms with Crippen molar-refractivity contribution in [2.45, 2.75) is 25.8 Å². The smallest absolute Gasteiger partial charge is 0.242 e. The van der Waals surface area contributed by atoms with E-state index in [-0.39, 0.29) is 17.6 Å². The van der Waals surface area contributed by atoms with E-state index in [2.05, 4.69) is 10.5 Å². The van der Waals surface area contributed by atoms with E-state index in [4.69, 9.17) is 15.7 Å². The summed E-state index contributed by atoms with van der Waals surface area (Å²) in [4.78, 5) is 26.0. The molecule has 4 N–H and O–H groups in total. The lowest BCUT2D eigenvalue weighted by molar-refractivity contribution is -0.150. The molecule has 0 radical (unpaired) electrons. The van der Waals surface area contributed by atoms with E-state index in [1.54, 1.807) is 6.92 Å². The molecule has 0 aromatic heterocycles. The Morgan fingerprint density at radius 1 is 1.55 bits per heavy atom. The standard InChI is InChI=1S/C12H20N4O4/c1-8-9(17)14-4-5-16(8)11(18)12(10(13)15-19)2-6-20-7-3-12/h8,19H,2-7H2,1H3,(H2,13,15)(H,14,17). The molecule has 1 atom stereocenters. The Balaban J connectivity index is 2.29. The molecule has 1 unspecified atom stereocenters. The van der Waals surface area contributed by atoms with Crippen LogP contribution in [0, 0.1) is 5.41 Å². The Morgan fingerprint density at radius 2 is 2.20 bits per heavy atom. The first-order chi connectivity index (χ1) is 9.53. The summed E-state index contributed by atoms with van der Waals surface area (Å²) in [5.74, 6) is -0.561. The number of carbonyl (C=O) groups excluding carboxylic acids is 2. The average Bonchev–Trinajstić information content (AvgIpc) is 2.49. The van der Waals surface area contributed by atoms with Gasteiger partial charge in [-0.2, -0.15) is 0 Å². The van der Waals surface area contributed by atoms with E-state index in [0.29, 0.717) is 39.1 Å². The maximum Gasteiger partial charge on any atom is 0.242 e. The van der Waals surface area contributed by atoms with Gasteiger partial charge in [-0.15, -0.1) is 0 Å². The van der Waals surface area contributed by atoms with Gasteiger partial charge in [-0.3, -0.25) is 9.59 Å². The van der Waals surface area contributed by atoms with Gasteiger partial charge in [0.1, 0.15) is 11.5 Å². The van der Waals surface area contributed by atoms with Crippen LogP contribution in [-0.2, 0) is 14.3 Å². The predicted molar refractivity (Wildman–Crippen MR) is 70.1 cm³/mol. The molecular weight excluding hydrogens is 264 g/mol. The van der Waals surface area contributed by atoms with Crippen molar-refractivity contribution in [1.29, 1.82) is 0 Å². The van der Waals surface area contributed by atoms with Gasteiger partial charge >= 0.3 is 0 Å². The molecule has 0 saturated carbocycles. The molecule has 8 heteroatoms. The third-order valence-corrected chi connectivity index (χ3v) is 4.11. The Morgan fingerprint density at radius 3 is 2.80 bits per heavy atom. The molecule has 2 aliphatic heterocycles. The number of amidine groups is 1. The number of carbonyl (C=O) groups is 2. The Hall–Kier alpha value is -1.83. The average molecular weight is 284 g/mol. The Labute approximate surface area is 116 Å². The second-order valence-electron chi connectivity index (χ2n) is 5.15. The zero-order valence-electron chi connectivity index (χ0n) is 11.5. The fraction of sp³-hybridized carbons (Fsp3) is 0.750. The van der Waals surface area contributed by atoms with Crippen LogP contribution in [0.25, 0.3) is 0 Å². The van der Waals surface area contributed by atoms with Crippen LogP contribution >= 0.6 is 0 Å². The highest BCUT2D eigenvalue weighted by Crippen LogP contribution is 2.34. The molecule has 2 aliphatic rings. The fourth-order valence-electron chi connectivity index (χ4n) is 2.73. The molecule has 0 bridgehead atoms. The lowest BCUT2D eigenvalue weighted by Crippen LogP contribution is -2.62. The summed E-state index contributed by atoms with van der Waals surface area (Å²) in [5, 5.41) is 14.7. The first kappa shape index (κ1) is 14.6. The monoisotopic (exact) mass is 284 g/mol. The van der Waals surface area contributed by atoms with Gasteiger partial charge in [0.2, 0.25) is 11.8 Å². The summed E-state index contributed by atoms with van der Waals surface area (Å²) in [6, 6.07) is -0.553. The van der Waals surface area contributed by atoms with Crippen LogP contribution in [0.5, 0.6) is 0 Å². The van der Waals surface area contributed by atoms with Gasteiger partial charge in [-0.05, 0) is 19.8 Å². The lowest BCUT2D eigenvalue weighted by atomic mass is 9.77. The number of nitrogens with zero attached hydrogens (tertiary/aromatic N) is 2. The van der Waals surface area contributed by atoms with E-state index < -0.39 is 11.5 Å². The first-order valence-corrected chi connectivity index (χ1v) is 6.67. The fourth-order valence-corrected chi connectivity index (χ4v) is 2.73. The summed E-state index contributed by atoms with van der Waals surface area (Å²) in [6.07, 6.45) is 0.707. The van der Waals surface area contributed by atoms with Crippen LogP contribution in [0.1, 0.15) is 19.8 Å². The van der Waals surface area contributed by atoms with Crippen molar-refractivity contribution >= 4 is 17.6 Å². The third kappa shape index (κ3) is 2.31. The van der Waals surface area contributed by atoms with Crippen LogP contribution in [0.3, 0.4) is 0 Å². The lowest BCUT2D eigenvalue weighted by Gasteiger charge is -2.42. The van der Waals surface area contributed by atoms with Gasteiger partial charge in [0.15, 0.2) is 5.84 Å². The van der Waals surface area contributed by atoms with Gasteiger partial charge in [-0.1, -0.05) is 5.16 Å². The molecule has 0 spiro atoms. The van der Waals surface area contributed by atoms with Crippen LogP contribution in [0.4, 0.5) is 0 Å². The molecule has 2 amide bonds. The van der Waals surface area contributed by atoms with Crippen molar-refractivity contribution in [3.63, 3.8) is 0 Å². The highest BCUT2D eigenvalue weighted by Gasteiger charge is 2.48. The van der Waals surface area contributed by atoms with Gasteiger partial charge in [0.25, 0.3) is 0 Å². The number of hydrogen-bond donors (Lipinski definition) is 3. The molecule has 2 saturated heterocycles. The maximum absolute atomic E-state index is 12.8. The number of ether oxygens (including phenoxy) is 1. The van der Waals surface area contributed by atoms with Gasteiger partial charge in [-0.25, -0.2) is 0 Å². The minimum absolute atomic E-state index is 0.107. The highest BCUT2D eigenvalue weighted by molar-refractivity contribution is 6.08. The predicted octanol–water partition coefficient (Wildman–Crippen LogP) is -1.12. The number of nitrogens with two attached hydrogens (primary N) is 1. The maximum atomic E-state index is 12.8. The summed E-state index contributed by atoms with van der Waals surface area (Å²) in [6.45, 7) is 3.25. The minimum Gasteiger partial charge on any atom is -0.409 e. The van der Waals surface area contributed by atoms with Crippen molar-refractivity contribution < 1.29 is 19.5 Å². The van der Waals surface area contributed by atoms with E-state index in [0.717, 1.165) is 0 Å². The van der Waals surface area contributed by atoms with Crippen LogP contribution in [0.15, 0.2) is 5.16 Å². The molecule has 0 aromatic carbocycles. The Kier molecular flexibility index (Phi) is 4.12. The topological polar surface area (TPSA) is 117 Å². The summed E-state index contributed by atoms with van der Waals surface area (Å²) < 4.78 is 5.26. The summed E-state index contributed by atoms with van der Waals surface area (Å²) in [7, 11) is 0. The Bertz CT molecular complexity index is 431. The molecule has 112 valence electrons. The molecule has 2 heterocycles. The number of amides is 2. The number of oxime groups is 1. The highest BCUT2D eigenvalue weighted by atomic mass is 16.5. The second-order valence-corrected chi connectivity index (χ2v) is 5.15. The van der Waals surface area contributed by atoms with Crippen LogP contribution < -0.4 is 11.1 Å². The van der Waals surface area contributed by atoms with E-state index in [9.17, 15) is 9.59 Å². The van der Waals surface area contributed by atoms with Gasteiger partial charge in [0, 0.05) is 26.3 Å². The molecular formula is C12H20N4O4. The summed E-state index contributed by atoms with van der Waals surface area (Å²) in [5.41, 5.74) is 4.70. The molecule has 20 heavy (non-hydrogen) atoms. The van der Waals surface area contributed by atoms with Crippen molar-refractivity contribution in [3.8, 4) is 0 Å². The van der Waals surface area contributed by atoms with Crippen LogP contribution in [0.2, 0.25) is 0 Å². The van der Waals surface area contributed by atoms with E-state index in [1.165, 1.54) is 4.90 Å². The van der Waals surface area contributed by atoms with E-state index >= 15 is 0 Å². The van der Waals surface area contributed by atoms with Crippen LogP contribution in [-0.4, -0.2) is 60.1 Å². The van der Waals surface area contributed by atoms with E-state index in [1.807, 2.05) is 0 Å². The zero-order chi connectivity index (χ0) is 14.8. The quantitative estimate of drug-likeness (QED) is 0.257. The first-order valence-electron chi connectivity index (χ1n) is 6.67. The van der Waals surface area contributed by atoms with Crippen molar-refractivity contribution in [2.75, 3.05) is 26.3 Å². The van der Waals surface area contributed by atoms with Crippen molar-refractivity contribution in [2.24, 2.45) is 16.3 Å². The number of nitrogens with one attached hydrogen (secondary N) is 1. The molecule has 2 rings (SSSR count).